The van der Waals surface area contributed by atoms with Crippen LogP contribution in [0.4, 0.5) is 0 Å². The molecule has 0 saturated carbocycles. The molecule has 0 atom stereocenters. The fraction of sp³-hybridized carbons (Fsp3) is 0.167. The third-order valence-corrected chi connectivity index (χ3v) is 3.83. The van der Waals surface area contributed by atoms with Crippen LogP contribution in [0.2, 0.25) is 5.02 Å². The smallest absolute Gasteiger partial charge is 0.282 e. The second-order valence-electron chi connectivity index (χ2n) is 5.36. The van der Waals surface area contributed by atoms with Gasteiger partial charge in [0.25, 0.3) is 5.56 Å². The highest BCUT2D eigenvalue weighted by atomic mass is 35.5. The van der Waals surface area contributed by atoms with Crippen LogP contribution in [-0.4, -0.2) is 21.0 Å². The van der Waals surface area contributed by atoms with Crippen LogP contribution in [0.1, 0.15) is 24.7 Å². The van der Waals surface area contributed by atoms with E-state index < -0.39 is 0 Å². The molecule has 122 valence electrons. The Hall–Kier alpha value is -2.66. The summed E-state index contributed by atoms with van der Waals surface area (Å²) in [4.78, 5) is 17.3. The normalized spacial score (nSPS) is 11.4. The molecule has 3 rings (SSSR count). The van der Waals surface area contributed by atoms with E-state index >= 15 is 0 Å². The number of phenols is 1. The molecule has 0 amide bonds. The Bertz CT molecular complexity index is 980. The van der Waals surface area contributed by atoms with Gasteiger partial charge in [-0.15, -0.1) is 0 Å². The fourth-order valence-electron chi connectivity index (χ4n) is 2.42. The first-order valence-corrected chi connectivity index (χ1v) is 8.01. The highest BCUT2D eigenvalue weighted by Gasteiger charge is 2.09. The van der Waals surface area contributed by atoms with Crippen LogP contribution in [-0.2, 0) is 6.42 Å². The third-order valence-electron chi connectivity index (χ3n) is 3.60. The number of nitrogens with zero attached hydrogens (tertiary/aromatic N) is 3. The summed E-state index contributed by atoms with van der Waals surface area (Å²) in [6.07, 6.45) is 2.87. The Balaban J connectivity index is 2.15. The number of hydrogen-bond acceptors (Lipinski definition) is 4. The summed E-state index contributed by atoms with van der Waals surface area (Å²) in [5.74, 6) is 0.626. The molecule has 2 aromatic carbocycles. The monoisotopic (exact) mass is 341 g/mol. The van der Waals surface area contributed by atoms with Gasteiger partial charge in [-0.2, -0.15) is 9.78 Å². The SMILES string of the molecule is CCCc1nc2ccccc2c(=O)n1/N=C\c1cc(Cl)ccc1O. The summed E-state index contributed by atoms with van der Waals surface area (Å²) in [5, 5.41) is 15.1. The van der Waals surface area contributed by atoms with Gasteiger partial charge in [-0.05, 0) is 36.8 Å². The van der Waals surface area contributed by atoms with Gasteiger partial charge in [-0.1, -0.05) is 30.7 Å². The number of fused-ring (bicyclic) bond motifs is 1. The number of phenolic OH excluding ortho intramolecular Hbond substituents is 1. The van der Waals surface area contributed by atoms with Crippen molar-refractivity contribution in [3.63, 3.8) is 0 Å². The van der Waals surface area contributed by atoms with E-state index in [0.29, 0.717) is 33.7 Å². The van der Waals surface area contributed by atoms with Crippen LogP contribution < -0.4 is 5.56 Å². The topological polar surface area (TPSA) is 67.5 Å². The zero-order chi connectivity index (χ0) is 17.1. The van der Waals surface area contributed by atoms with Gasteiger partial charge in [0.05, 0.1) is 17.1 Å². The molecule has 0 saturated heterocycles. The van der Waals surface area contributed by atoms with Gasteiger partial charge in [0.2, 0.25) is 0 Å². The Labute approximate surface area is 143 Å². The third kappa shape index (κ3) is 3.16. The number of halogens is 1. The first kappa shape index (κ1) is 16.2. The van der Waals surface area contributed by atoms with Crippen LogP contribution in [0, 0.1) is 0 Å². The van der Waals surface area contributed by atoms with Gasteiger partial charge in [0.15, 0.2) is 0 Å². The van der Waals surface area contributed by atoms with Gasteiger partial charge >= 0.3 is 0 Å². The highest BCUT2D eigenvalue weighted by Crippen LogP contribution is 2.19. The number of aromatic hydroxyl groups is 1. The summed E-state index contributed by atoms with van der Waals surface area (Å²) in [5.41, 5.74) is 0.856. The average Bonchev–Trinajstić information content (AvgIpc) is 2.58. The van der Waals surface area contributed by atoms with Crippen LogP contribution in [0.15, 0.2) is 52.4 Å². The molecule has 0 spiro atoms. The maximum Gasteiger partial charge on any atom is 0.282 e. The fourth-order valence-corrected chi connectivity index (χ4v) is 2.60. The lowest BCUT2D eigenvalue weighted by molar-refractivity contribution is 0.474. The average molecular weight is 342 g/mol. The molecule has 0 aliphatic heterocycles. The Morgan fingerprint density at radius 1 is 1.29 bits per heavy atom. The predicted molar refractivity (Wildman–Crippen MR) is 96.1 cm³/mol. The lowest BCUT2D eigenvalue weighted by atomic mass is 10.2. The van der Waals surface area contributed by atoms with Crippen molar-refractivity contribution in [3.8, 4) is 5.75 Å². The van der Waals surface area contributed by atoms with E-state index in [1.54, 1.807) is 24.3 Å². The standard InChI is InChI=1S/C18H16ClN3O2/c1-2-5-17-21-15-7-4-3-6-14(15)18(24)22(17)20-11-12-10-13(19)8-9-16(12)23/h3-4,6-11,23H,2,5H2,1H3/b20-11-. The zero-order valence-corrected chi connectivity index (χ0v) is 13.9. The van der Waals surface area contributed by atoms with Crippen molar-refractivity contribution >= 4 is 28.7 Å². The van der Waals surface area contributed by atoms with E-state index in [-0.39, 0.29) is 11.3 Å². The van der Waals surface area contributed by atoms with Gasteiger partial charge in [0.1, 0.15) is 11.6 Å². The van der Waals surface area contributed by atoms with Crippen molar-refractivity contribution in [1.82, 2.24) is 9.66 Å². The number of aromatic nitrogens is 2. The summed E-state index contributed by atoms with van der Waals surface area (Å²) in [7, 11) is 0. The Morgan fingerprint density at radius 2 is 2.08 bits per heavy atom. The molecule has 1 N–H and O–H groups in total. The Kier molecular flexibility index (Phi) is 4.62. The van der Waals surface area contributed by atoms with Crippen molar-refractivity contribution in [2.75, 3.05) is 0 Å². The Morgan fingerprint density at radius 3 is 2.88 bits per heavy atom. The number of hydrogen-bond donors (Lipinski definition) is 1. The quantitative estimate of drug-likeness (QED) is 0.737. The van der Waals surface area contributed by atoms with Crippen molar-refractivity contribution in [1.29, 1.82) is 0 Å². The van der Waals surface area contributed by atoms with E-state index in [9.17, 15) is 9.90 Å². The number of aryl methyl sites for hydroxylation is 1. The van der Waals surface area contributed by atoms with Gasteiger partial charge < -0.3 is 5.11 Å². The minimum absolute atomic E-state index is 0.0435. The van der Waals surface area contributed by atoms with Crippen molar-refractivity contribution < 1.29 is 5.11 Å². The van der Waals surface area contributed by atoms with Gasteiger partial charge in [-0.3, -0.25) is 4.79 Å². The molecule has 0 bridgehead atoms. The highest BCUT2D eigenvalue weighted by molar-refractivity contribution is 6.30. The number of benzene rings is 2. The second-order valence-corrected chi connectivity index (χ2v) is 5.80. The minimum atomic E-state index is -0.234. The van der Waals surface area contributed by atoms with Gasteiger partial charge in [0, 0.05) is 17.0 Å². The maximum atomic E-state index is 12.7. The lowest BCUT2D eigenvalue weighted by Crippen LogP contribution is -2.22. The van der Waals surface area contributed by atoms with Crippen molar-refractivity contribution in [2.45, 2.75) is 19.8 Å². The molecule has 1 heterocycles. The summed E-state index contributed by atoms with van der Waals surface area (Å²) in [6, 6.07) is 11.8. The zero-order valence-electron chi connectivity index (χ0n) is 13.1. The van der Waals surface area contributed by atoms with Crippen LogP contribution in [0.25, 0.3) is 10.9 Å². The van der Waals surface area contributed by atoms with E-state index in [1.165, 1.54) is 17.0 Å². The molecule has 1 aromatic heterocycles. The molecule has 0 radical (unpaired) electrons. The lowest BCUT2D eigenvalue weighted by Gasteiger charge is -2.08. The van der Waals surface area contributed by atoms with Crippen LogP contribution in [0.3, 0.4) is 0 Å². The van der Waals surface area contributed by atoms with E-state index in [1.807, 2.05) is 19.1 Å². The van der Waals surface area contributed by atoms with E-state index in [2.05, 4.69) is 10.1 Å². The maximum absolute atomic E-state index is 12.7. The number of para-hydroxylation sites is 1. The molecule has 5 nitrogen and oxygen atoms in total. The van der Waals surface area contributed by atoms with E-state index in [0.717, 1.165) is 6.42 Å². The first-order valence-electron chi connectivity index (χ1n) is 7.63. The molecule has 0 fully saturated rings. The summed E-state index contributed by atoms with van der Waals surface area (Å²) >= 11 is 5.94. The van der Waals surface area contributed by atoms with E-state index in [4.69, 9.17) is 11.6 Å². The number of rotatable bonds is 4. The summed E-state index contributed by atoms with van der Waals surface area (Å²) in [6.45, 7) is 2.01. The van der Waals surface area contributed by atoms with Crippen LogP contribution >= 0.6 is 11.6 Å². The second kappa shape index (κ2) is 6.84. The molecule has 0 aliphatic rings. The first-order chi connectivity index (χ1) is 11.6. The van der Waals surface area contributed by atoms with Crippen molar-refractivity contribution in [3.05, 3.63) is 69.2 Å². The predicted octanol–water partition coefficient (Wildman–Crippen LogP) is 3.59. The molecule has 0 unspecified atom stereocenters. The molecule has 3 aromatic rings. The van der Waals surface area contributed by atoms with Crippen molar-refractivity contribution in [2.24, 2.45) is 5.10 Å². The van der Waals surface area contributed by atoms with Gasteiger partial charge in [-0.25, -0.2) is 4.98 Å². The van der Waals surface area contributed by atoms with Crippen LogP contribution in [0.5, 0.6) is 5.75 Å². The minimum Gasteiger partial charge on any atom is -0.507 e. The largest absolute Gasteiger partial charge is 0.507 e. The summed E-state index contributed by atoms with van der Waals surface area (Å²) < 4.78 is 1.28. The molecule has 6 heteroatoms. The molecular formula is C18H16ClN3O2. The molecular weight excluding hydrogens is 326 g/mol. The molecule has 0 aliphatic carbocycles. The molecule has 24 heavy (non-hydrogen) atoms.